The Morgan fingerprint density at radius 1 is 1.39 bits per heavy atom. The SMILES string of the molecule is COc1cc(C(=O)CCN)c(S(C)(=O)=O)cc1C. The number of ether oxygens (including phenoxy) is 1. The van der Waals surface area contributed by atoms with Gasteiger partial charge in [0, 0.05) is 18.2 Å². The highest BCUT2D eigenvalue weighted by atomic mass is 32.2. The number of rotatable bonds is 5. The molecule has 0 amide bonds. The van der Waals surface area contributed by atoms with Gasteiger partial charge >= 0.3 is 0 Å². The minimum absolute atomic E-state index is 0.0271. The van der Waals surface area contributed by atoms with E-state index in [1.54, 1.807) is 6.92 Å². The van der Waals surface area contributed by atoms with Crippen LogP contribution >= 0.6 is 0 Å². The van der Waals surface area contributed by atoms with Gasteiger partial charge in [-0.2, -0.15) is 0 Å². The minimum atomic E-state index is -3.46. The third-order valence-electron chi connectivity index (χ3n) is 2.57. The van der Waals surface area contributed by atoms with Gasteiger partial charge in [0.05, 0.1) is 12.0 Å². The molecule has 18 heavy (non-hydrogen) atoms. The van der Waals surface area contributed by atoms with Gasteiger partial charge in [-0.25, -0.2) is 8.42 Å². The molecule has 0 aliphatic carbocycles. The molecule has 0 bridgehead atoms. The van der Waals surface area contributed by atoms with Crippen LogP contribution in [0.3, 0.4) is 0 Å². The molecule has 1 aromatic rings. The Kier molecular flexibility index (Phi) is 4.48. The van der Waals surface area contributed by atoms with Gasteiger partial charge in [0.15, 0.2) is 15.6 Å². The standard InChI is InChI=1S/C12H17NO4S/c1-8-6-12(18(3,15)16)9(7-11(8)17-2)10(14)4-5-13/h6-7H,4-5,13H2,1-3H3. The summed E-state index contributed by atoms with van der Waals surface area (Å²) in [5, 5.41) is 0. The van der Waals surface area contributed by atoms with Crippen molar-refractivity contribution in [1.82, 2.24) is 0 Å². The van der Waals surface area contributed by atoms with Gasteiger partial charge in [0.2, 0.25) is 0 Å². The lowest BCUT2D eigenvalue weighted by atomic mass is 10.1. The largest absolute Gasteiger partial charge is 0.496 e. The van der Waals surface area contributed by atoms with E-state index < -0.39 is 9.84 Å². The van der Waals surface area contributed by atoms with Crippen LogP contribution in [-0.2, 0) is 9.84 Å². The molecule has 0 atom stereocenters. The summed E-state index contributed by atoms with van der Waals surface area (Å²) >= 11 is 0. The molecule has 0 heterocycles. The van der Waals surface area contributed by atoms with Gasteiger partial charge in [0.25, 0.3) is 0 Å². The number of hydrogen-bond donors (Lipinski definition) is 1. The number of aryl methyl sites for hydroxylation is 1. The number of carbonyl (C=O) groups excluding carboxylic acids is 1. The zero-order valence-corrected chi connectivity index (χ0v) is 11.5. The van der Waals surface area contributed by atoms with Crippen LogP contribution in [0.1, 0.15) is 22.3 Å². The maximum atomic E-state index is 11.9. The summed E-state index contributed by atoms with van der Waals surface area (Å²) in [6.45, 7) is 1.91. The maximum absolute atomic E-state index is 11.9. The molecule has 6 heteroatoms. The van der Waals surface area contributed by atoms with E-state index in [0.717, 1.165) is 6.26 Å². The van der Waals surface area contributed by atoms with Gasteiger partial charge in [0.1, 0.15) is 5.75 Å². The number of Topliss-reactive ketones (excluding diaryl/α,β-unsaturated/α-hetero) is 1. The van der Waals surface area contributed by atoms with E-state index in [9.17, 15) is 13.2 Å². The number of nitrogens with two attached hydrogens (primary N) is 1. The maximum Gasteiger partial charge on any atom is 0.176 e. The molecule has 1 aromatic carbocycles. The Morgan fingerprint density at radius 3 is 2.44 bits per heavy atom. The zero-order valence-electron chi connectivity index (χ0n) is 10.7. The Hall–Kier alpha value is -1.40. The summed E-state index contributed by atoms with van der Waals surface area (Å²) < 4.78 is 28.5. The van der Waals surface area contributed by atoms with Crippen LogP contribution < -0.4 is 10.5 Å². The fourth-order valence-corrected chi connectivity index (χ4v) is 2.64. The van der Waals surface area contributed by atoms with Crippen molar-refractivity contribution < 1.29 is 17.9 Å². The fraction of sp³-hybridized carbons (Fsp3) is 0.417. The van der Waals surface area contributed by atoms with Gasteiger partial charge in [-0.15, -0.1) is 0 Å². The van der Waals surface area contributed by atoms with Crippen LogP contribution in [0.5, 0.6) is 5.75 Å². The van der Waals surface area contributed by atoms with Crippen molar-refractivity contribution in [1.29, 1.82) is 0 Å². The van der Waals surface area contributed by atoms with E-state index in [4.69, 9.17) is 10.5 Å². The van der Waals surface area contributed by atoms with Crippen LogP contribution in [-0.4, -0.2) is 34.1 Å². The average molecular weight is 271 g/mol. The second kappa shape index (κ2) is 5.49. The molecule has 0 saturated heterocycles. The Morgan fingerprint density at radius 2 is 2.00 bits per heavy atom. The third-order valence-corrected chi connectivity index (χ3v) is 3.71. The minimum Gasteiger partial charge on any atom is -0.496 e. The molecule has 0 fully saturated rings. The van der Waals surface area contributed by atoms with Crippen LogP contribution in [0.4, 0.5) is 0 Å². The molecule has 0 spiro atoms. The molecule has 0 unspecified atom stereocenters. The Labute approximate surface area is 107 Å². The molecule has 0 aromatic heterocycles. The van der Waals surface area contributed by atoms with Crippen molar-refractivity contribution in [3.63, 3.8) is 0 Å². The number of sulfone groups is 1. The number of hydrogen-bond acceptors (Lipinski definition) is 5. The van der Waals surface area contributed by atoms with E-state index >= 15 is 0 Å². The van der Waals surface area contributed by atoms with Gasteiger partial charge in [-0.1, -0.05) is 0 Å². The lowest BCUT2D eigenvalue weighted by Crippen LogP contribution is -2.13. The number of ketones is 1. The van der Waals surface area contributed by atoms with Gasteiger partial charge in [-0.3, -0.25) is 4.79 Å². The second-order valence-corrected chi connectivity index (χ2v) is 6.04. The first-order chi connectivity index (χ1) is 8.31. The van der Waals surface area contributed by atoms with Crippen LogP contribution in [0.2, 0.25) is 0 Å². The summed E-state index contributed by atoms with van der Waals surface area (Å²) in [7, 11) is -1.99. The van der Waals surface area contributed by atoms with E-state index in [1.165, 1.54) is 19.2 Å². The van der Waals surface area contributed by atoms with Gasteiger partial charge in [-0.05, 0) is 31.2 Å². The summed E-state index contributed by atoms with van der Waals surface area (Å²) in [6, 6.07) is 2.92. The van der Waals surface area contributed by atoms with Gasteiger partial charge < -0.3 is 10.5 Å². The Bertz CT molecular complexity index is 564. The lowest BCUT2D eigenvalue weighted by Gasteiger charge is -2.11. The highest BCUT2D eigenvalue weighted by Crippen LogP contribution is 2.27. The molecule has 5 nitrogen and oxygen atoms in total. The summed E-state index contributed by atoms with van der Waals surface area (Å²) in [5.74, 6) is 0.194. The molecule has 2 N–H and O–H groups in total. The first kappa shape index (κ1) is 14.7. The molecule has 0 aliphatic rings. The van der Waals surface area contributed by atoms with Crippen LogP contribution in [0.15, 0.2) is 17.0 Å². The van der Waals surface area contributed by atoms with Crippen LogP contribution in [0, 0.1) is 6.92 Å². The molecule has 0 radical (unpaired) electrons. The monoisotopic (exact) mass is 271 g/mol. The zero-order chi connectivity index (χ0) is 13.9. The molecular formula is C12H17NO4S. The van der Waals surface area contributed by atoms with Crippen molar-refractivity contribution in [2.24, 2.45) is 5.73 Å². The van der Waals surface area contributed by atoms with E-state index in [2.05, 4.69) is 0 Å². The van der Waals surface area contributed by atoms with Crippen LogP contribution in [0.25, 0.3) is 0 Å². The van der Waals surface area contributed by atoms with Crippen molar-refractivity contribution >= 4 is 15.6 Å². The second-order valence-electron chi connectivity index (χ2n) is 4.05. The van der Waals surface area contributed by atoms with Crippen molar-refractivity contribution in [3.8, 4) is 5.75 Å². The molecule has 100 valence electrons. The number of benzene rings is 1. The first-order valence-corrected chi connectivity index (χ1v) is 7.32. The highest BCUT2D eigenvalue weighted by molar-refractivity contribution is 7.90. The summed E-state index contributed by atoms with van der Waals surface area (Å²) in [4.78, 5) is 11.9. The predicted octanol–water partition coefficient (Wildman–Crippen LogP) is 0.939. The third kappa shape index (κ3) is 3.08. The highest BCUT2D eigenvalue weighted by Gasteiger charge is 2.20. The van der Waals surface area contributed by atoms with E-state index in [-0.39, 0.29) is 29.2 Å². The van der Waals surface area contributed by atoms with E-state index in [1.807, 2.05) is 0 Å². The fourth-order valence-electron chi connectivity index (χ4n) is 1.67. The average Bonchev–Trinajstić information content (AvgIpc) is 2.27. The summed E-state index contributed by atoms with van der Waals surface area (Å²) in [6.07, 6.45) is 1.18. The molecular weight excluding hydrogens is 254 g/mol. The summed E-state index contributed by atoms with van der Waals surface area (Å²) in [5.41, 5.74) is 6.14. The Balaban J connectivity index is 3.50. The quantitative estimate of drug-likeness (QED) is 0.805. The topological polar surface area (TPSA) is 86.5 Å². The van der Waals surface area contributed by atoms with E-state index in [0.29, 0.717) is 11.3 Å². The van der Waals surface area contributed by atoms with Crippen molar-refractivity contribution in [2.45, 2.75) is 18.2 Å². The normalized spacial score (nSPS) is 11.3. The smallest absolute Gasteiger partial charge is 0.176 e. The van der Waals surface area contributed by atoms with Crippen molar-refractivity contribution in [2.75, 3.05) is 19.9 Å². The predicted molar refractivity (Wildman–Crippen MR) is 68.8 cm³/mol. The lowest BCUT2D eigenvalue weighted by molar-refractivity contribution is 0.0982. The molecule has 0 saturated carbocycles. The number of methoxy groups -OCH3 is 1. The molecule has 1 rings (SSSR count). The first-order valence-electron chi connectivity index (χ1n) is 5.43. The number of carbonyl (C=O) groups is 1. The van der Waals surface area contributed by atoms with Crippen molar-refractivity contribution in [3.05, 3.63) is 23.3 Å². The molecule has 0 aliphatic heterocycles.